The van der Waals surface area contributed by atoms with Crippen LogP contribution >= 0.6 is 0 Å². The average Bonchev–Trinajstić information content (AvgIpc) is 2.73. The van der Waals surface area contributed by atoms with E-state index in [1.807, 2.05) is 0 Å². The summed E-state index contributed by atoms with van der Waals surface area (Å²) in [7, 11) is 2.75. The molecule has 162 valence electrons. The van der Waals surface area contributed by atoms with Crippen molar-refractivity contribution in [2.45, 2.75) is 12.8 Å². The van der Waals surface area contributed by atoms with E-state index in [0.29, 0.717) is 5.70 Å². The maximum Gasteiger partial charge on any atom is 0.337 e. The smallest absolute Gasteiger partial charge is 0.337 e. The van der Waals surface area contributed by atoms with Gasteiger partial charge in [0.1, 0.15) is 12.4 Å². The Morgan fingerprint density at radius 3 is 2.65 bits per heavy atom. The van der Waals surface area contributed by atoms with Crippen LogP contribution in [-0.2, 0) is 23.6 Å². The van der Waals surface area contributed by atoms with Gasteiger partial charge < -0.3 is 15.2 Å². The van der Waals surface area contributed by atoms with Crippen molar-refractivity contribution in [2.24, 2.45) is 14.1 Å². The molecule has 0 spiro atoms. The van der Waals surface area contributed by atoms with E-state index in [4.69, 9.17) is 4.74 Å². The summed E-state index contributed by atoms with van der Waals surface area (Å²) < 4.78 is 7.28. The number of anilines is 1. The molecule has 0 fully saturated rings. The Morgan fingerprint density at radius 1 is 1.35 bits per heavy atom. The number of carbonyl (C=O) groups excluding carboxylic acids is 1. The lowest BCUT2D eigenvalue weighted by atomic mass is 9.82. The summed E-state index contributed by atoms with van der Waals surface area (Å²) in [5.74, 6) is -2.25. The third kappa shape index (κ3) is 3.50. The standard InChI is InChI=1S/C20H20N4O7/c1-5-8-31-19(27)14-10(2)21-17-16(18(26)23(4)20(28)22(17)3)15(14)11-6-7-13(25)12(9-11)24(29)30/h5-7,9,15,21,25H,1,8H2,2-4H3/t15-/m0/s1. The van der Waals surface area contributed by atoms with Gasteiger partial charge in [0.25, 0.3) is 5.56 Å². The third-order valence-electron chi connectivity index (χ3n) is 5.07. The third-order valence-corrected chi connectivity index (χ3v) is 5.07. The first kappa shape index (κ1) is 21.6. The van der Waals surface area contributed by atoms with Crippen LogP contribution in [0, 0.1) is 10.1 Å². The summed E-state index contributed by atoms with van der Waals surface area (Å²) >= 11 is 0. The zero-order chi connectivity index (χ0) is 23.0. The van der Waals surface area contributed by atoms with Crippen molar-refractivity contribution in [2.75, 3.05) is 11.9 Å². The van der Waals surface area contributed by atoms with Crippen LogP contribution in [0.4, 0.5) is 11.5 Å². The summed E-state index contributed by atoms with van der Waals surface area (Å²) in [5.41, 5.74) is -1.25. The van der Waals surface area contributed by atoms with E-state index >= 15 is 0 Å². The van der Waals surface area contributed by atoms with Crippen molar-refractivity contribution < 1.29 is 19.6 Å². The van der Waals surface area contributed by atoms with Crippen molar-refractivity contribution >= 4 is 17.5 Å². The fourth-order valence-corrected chi connectivity index (χ4v) is 3.57. The molecule has 1 aromatic heterocycles. The minimum Gasteiger partial charge on any atom is -0.502 e. The lowest BCUT2D eigenvalue weighted by molar-refractivity contribution is -0.385. The molecular weight excluding hydrogens is 408 g/mol. The first-order chi connectivity index (χ1) is 14.6. The second-order valence-corrected chi connectivity index (χ2v) is 6.96. The van der Waals surface area contributed by atoms with Crippen LogP contribution in [0.5, 0.6) is 5.75 Å². The number of benzene rings is 1. The van der Waals surface area contributed by atoms with Crippen LogP contribution in [-0.4, -0.2) is 31.7 Å². The molecule has 1 atom stereocenters. The highest BCUT2D eigenvalue weighted by Crippen LogP contribution is 2.42. The fourth-order valence-electron chi connectivity index (χ4n) is 3.57. The molecule has 2 aromatic rings. The van der Waals surface area contributed by atoms with E-state index in [1.54, 1.807) is 6.92 Å². The predicted molar refractivity (Wildman–Crippen MR) is 111 cm³/mol. The number of nitrogens with one attached hydrogen (secondary N) is 1. The average molecular weight is 428 g/mol. The molecule has 2 heterocycles. The fraction of sp³-hybridized carbons (Fsp3) is 0.250. The summed E-state index contributed by atoms with van der Waals surface area (Å²) in [5, 5.41) is 24.1. The summed E-state index contributed by atoms with van der Waals surface area (Å²) in [6, 6.07) is 3.58. The normalized spacial score (nSPS) is 15.1. The van der Waals surface area contributed by atoms with Crippen molar-refractivity contribution in [1.29, 1.82) is 0 Å². The summed E-state index contributed by atoms with van der Waals surface area (Å²) in [6.45, 7) is 4.97. The lowest BCUT2D eigenvalue weighted by Crippen LogP contribution is -2.43. The Labute approximate surface area is 175 Å². The topological polar surface area (TPSA) is 146 Å². The van der Waals surface area contributed by atoms with E-state index in [0.717, 1.165) is 16.7 Å². The number of carbonyl (C=O) groups is 1. The number of aromatic hydroxyl groups is 1. The number of esters is 1. The van der Waals surface area contributed by atoms with Gasteiger partial charge in [0, 0.05) is 25.9 Å². The Bertz CT molecular complexity index is 1270. The number of hydrogen-bond donors (Lipinski definition) is 2. The number of nitro benzene ring substituents is 1. The molecule has 2 N–H and O–H groups in total. The molecule has 11 nitrogen and oxygen atoms in total. The Balaban J connectivity index is 2.39. The SMILES string of the molecule is C=CCOC(=O)C1=C(C)Nc2c(c(=O)n(C)c(=O)n2C)[C@H]1c1ccc(O)c([N+](=O)[O-])c1. The van der Waals surface area contributed by atoms with Gasteiger partial charge in [-0.3, -0.25) is 24.0 Å². The number of allylic oxidation sites excluding steroid dienone is 1. The molecule has 31 heavy (non-hydrogen) atoms. The van der Waals surface area contributed by atoms with E-state index in [2.05, 4.69) is 11.9 Å². The molecular formula is C20H20N4O7. The van der Waals surface area contributed by atoms with E-state index < -0.39 is 39.5 Å². The maximum absolute atomic E-state index is 13.1. The van der Waals surface area contributed by atoms with Gasteiger partial charge in [0.05, 0.1) is 22.0 Å². The first-order valence-electron chi connectivity index (χ1n) is 9.13. The van der Waals surface area contributed by atoms with Crippen LogP contribution in [0.3, 0.4) is 0 Å². The maximum atomic E-state index is 13.1. The van der Waals surface area contributed by atoms with Gasteiger partial charge in [-0.05, 0) is 18.6 Å². The van der Waals surface area contributed by atoms with Crippen LogP contribution in [0.15, 0.2) is 51.7 Å². The number of nitro groups is 1. The molecule has 1 aliphatic rings. The Hall–Kier alpha value is -4.15. The number of rotatable bonds is 5. The van der Waals surface area contributed by atoms with Gasteiger partial charge in [0.2, 0.25) is 0 Å². The van der Waals surface area contributed by atoms with Crippen LogP contribution < -0.4 is 16.6 Å². The van der Waals surface area contributed by atoms with Gasteiger partial charge in [-0.1, -0.05) is 18.7 Å². The van der Waals surface area contributed by atoms with Gasteiger partial charge >= 0.3 is 17.3 Å². The molecule has 0 radical (unpaired) electrons. The van der Waals surface area contributed by atoms with Gasteiger partial charge in [-0.15, -0.1) is 0 Å². The largest absolute Gasteiger partial charge is 0.502 e. The monoisotopic (exact) mass is 428 g/mol. The summed E-state index contributed by atoms with van der Waals surface area (Å²) in [6.07, 6.45) is 1.38. The molecule has 0 saturated carbocycles. The molecule has 1 aliphatic heterocycles. The molecule has 1 aromatic carbocycles. The van der Waals surface area contributed by atoms with Crippen molar-refractivity contribution in [3.05, 3.63) is 84.2 Å². The molecule has 0 aliphatic carbocycles. The highest BCUT2D eigenvalue weighted by molar-refractivity contribution is 5.94. The van der Waals surface area contributed by atoms with Crippen LogP contribution in [0.2, 0.25) is 0 Å². The zero-order valence-corrected chi connectivity index (χ0v) is 17.0. The van der Waals surface area contributed by atoms with Gasteiger partial charge in [-0.2, -0.15) is 0 Å². The van der Waals surface area contributed by atoms with E-state index in [9.17, 15) is 29.6 Å². The quantitative estimate of drug-likeness (QED) is 0.313. The van der Waals surface area contributed by atoms with Crippen molar-refractivity contribution in [3.63, 3.8) is 0 Å². The predicted octanol–water partition coefficient (Wildman–Crippen LogP) is 1.26. The lowest BCUT2D eigenvalue weighted by Gasteiger charge is -2.30. The molecule has 0 saturated heterocycles. The Kier molecular flexibility index (Phi) is 5.52. The number of hydrogen-bond acceptors (Lipinski definition) is 8. The first-order valence-corrected chi connectivity index (χ1v) is 9.13. The number of phenolic OH excluding ortho intramolecular Hbond substituents is 1. The highest BCUT2D eigenvalue weighted by atomic mass is 16.6. The van der Waals surface area contributed by atoms with Crippen molar-refractivity contribution in [1.82, 2.24) is 9.13 Å². The van der Waals surface area contributed by atoms with E-state index in [-0.39, 0.29) is 29.1 Å². The van der Waals surface area contributed by atoms with Crippen LogP contribution in [0.25, 0.3) is 0 Å². The summed E-state index contributed by atoms with van der Waals surface area (Å²) in [4.78, 5) is 48.9. The molecule has 0 bridgehead atoms. The second kappa shape index (κ2) is 7.94. The van der Waals surface area contributed by atoms with Gasteiger partial charge in [0.15, 0.2) is 5.75 Å². The zero-order valence-electron chi connectivity index (χ0n) is 17.0. The minimum absolute atomic E-state index is 0.0424. The molecule has 11 heteroatoms. The minimum atomic E-state index is -1.08. The number of nitrogens with zero attached hydrogens (tertiary/aromatic N) is 3. The second-order valence-electron chi connectivity index (χ2n) is 6.96. The number of aromatic nitrogens is 2. The van der Waals surface area contributed by atoms with Crippen LogP contribution in [0.1, 0.15) is 24.0 Å². The Morgan fingerprint density at radius 2 is 2.03 bits per heavy atom. The molecule has 0 unspecified atom stereocenters. The number of phenols is 1. The van der Waals surface area contributed by atoms with E-state index in [1.165, 1.54) is 30.8 Å². The van der Waals surface area contributed by atoms with Gasteiger partial charge in [-0.25, -0.2) is 9.59 Å². The van der Waals surface area contributed by atoms with Crippen molar-refractivity contribution in [3.8, 4) is 5.75 Å². The molecule has 0 amide bonds. The number of ether oxygens (including phenoxy) is 1. The molecule has 3 rings (SSSR count). The highest BCUT2D eigenvalue weighted by Gasteiger charge is 2.38. The number of fused-ring (bicyclic) bond motifs is 1.